The summed E-state index contributed by atoms with van der Waals surface area (Å²) in [6.45, 7) is 0. The van der Waals surface area contributed by atoms with E-state index in [9.17, 15) is 9.59 Å². The van der Waals surface area contributed by atoms with Crippen LogP contribution in [0.1, 0.15) is 20.7 Å². The molecule has 1 aromatic carbocycles. The molecule has 98 valence electrons. The molecule has 0 heterocycles. The highest BCUT2D eigenvalue weighted by molar-refractivity contribution is 7.98. The van der Waals surface area contributed by atoms with Gasteiger partial charge in [0.25, 0.3) is 0 Å². The summed E-state index contributed by atoms with van der Waals surface area (Å²) in [5, 5.41) is 0. The second-order valence-corrected chi connectivity index (χ2v) is 4.08. The zero-order valence-electron chi connectivity index (χ0n) is 10.6. The number of hydrogen-bond donors (Lipinski definition) is 0. The van der Waals surface area contributed by atoms with Gasteiger partial charge < -0.3 is 14.2 Å². The molecule has 5 nitrogen and oxygen atoms in total. The third-order valence-electron chi connectivity index (χ3n) is 2.33. The minimum atomic E-state index is -0.610. The van der Waals surface area contributed by atoms with E-state index in [1.54, 1.807) is 6.07 Å². The summed E-state index contributed by atoms with van der Waals surface area (Å²) in [5.74, 6) is -0.690. The van der Waals surface area contributed by atoms with Gasteiger partial charge in [-0.05, 0) is 18.4 Å². The highest BCUT2D eigenvalue weighted by Crippen LogP contribution is 2.31. The molecular weight excluding hydrogens is 256 g/mol. The van der Waals surface area contributed by atoms with Gasteiger partial charge in [-0.15, -0.1) is 11.8 Å². The Hall–Kier alpha value is -1.69. The quantitative estimate of drug-likeness (QED) is 0.616. The lowest BCUT2D eigenvalue weighted by Crippen LogP contribution is -2.12. The van der Waals surface area contributed by atoms with Gasteiger partial charge in [0.05, 0.1) is 32.5 Å². The number of rotatable bonds is 4. The zero-order chi connectivity index (χ0) is 13.7. The van der Waals surface area contributed by atoms with Crippen molar-refractivity contribution in [3.05, 3.63) is 23.3 Å². The van der Waals surface area contributed by atoms with Crippen LogP contribution in [0.15, 0.2) is 17.0 Å². The molecule has 0 spiro atoms. The van der Waals surface area contributed by atoms with Crippen LogP contribution in [0, 0.1) is 0 Å². The van der Waals surface area contributed by atoms with E-state index in [0.29, 0.717) is 5.75 Å². The molecule has 0 saturated heterocycles. The predicted octanol–water partition coefficient (Wildman–Crippen LogP) is 1.99. The van der Waals surface area contributed by atoms with Crippen molar-refractivity contribution in [3.63, 3.8) is 0 Å². The van der Waals surface area contributed by atoms with E-state index < -0.39 is 11.9 Å². The van der Waals surface area contributed by atoms with Crippen molar-refractivity contribution >= 4 is 23.7 Å². The Balaban J connectivity index is 3.45. The van der Waals surface area contributed by atoms with E-state index in [2.05, 4.69) is 9.47 Å². The van der Waals surface area contributed by atoms with Gasteiger partial charge in [-0.25, -0.2) is 9.59 Å². The van der Waals surface area contributed by atoms with Crippen LogP contribution in [0.25, 0.3) is 0 Å². The molecule has 0 saturated carbocycles. The van der Waals surface area contributed by atoms with E-state index in [1.807, 2.05) is 6.26 Å². The second kappa shape index (κ2) is 6.30. The maximum absolute atomic E-state index is 11.6. The van der Waals surface area contributed by atoms with Crippen molar-refractivity contribution in [2.45, 2.75) is 4.90 Å². The minimum Gasteiger partial charge on any atom is -0.496 e. The molecule has 0 aliphatic heterocycles. The van der Waals surface area contributed by atoms with Crippen LogP contribution in [0.3, 0.4) is 0 Å². The maximum atomic E-state index is 11.6. The molecule has 0 fully saturated rings. The first-order valence-electron chi connectivity index (χ1n) is 5.01. The average molecular weight is 270 g/mol. The highest BCUT2D eigenvalue weighted by Gasteiger charge is 2.21. The van der Waals surface area contributed by atoms with Gasteiger partial charge in [0, 0.05) is 4.90 Å². The van der Waals surface area contributed by atoms with Gasteiger partial charge in [-0.1, -0.05) is 0 Å². The molecule has 1 rings (SSSR count). The smallest absolute Gasteiger partial charge is 0.338 e. The Kier molecular flexibility index (Phi) is 5.03. The molecule has 18 heavy (non-hydrogen) atoms. The predicted molar refractivity (Wildman–Crippen MR) is 67.5 cm³/mol. The van der Waals surface area contributed by atoms with Gasteiger partial charge in [0.1, 0.15) is 5.75 Å². The van der Waals surface area contributed by atoms with E-state index in [-0.39, 0.29) is 11.1 Å². The van der Waals surface area contributed by atoms with Crippen LogP contribution in [-0.2, 0) is 9.47 Å². The lowest BCUT2D eigenvalue weighted by atomic mass is 10.1. The summed E-state index contributed by atoms with van der Waals surface area (Å²) in [5.41, 5.74) is 0.286. The Labute approximate surface area is 109 Å². The van der Waals surface area contributed by atoms with Crippen molar-refractivity contribution in [1.82, 2.24) is 0 Å². The first-order valence-corrected chi connectivity index (χ1v) is 6.24. The summed E-state index contributed by atoms with van der Waals surface area (Å²) in [6.07, 6.45) is 1.84. The molecule has 0 amide bonds. The van der Waals surface area contributed by atoms with Crippen molar-refractivity contribution in [2.24, 2.45) is 0 Å². The molecular formula is C12H14O5S. The highest BCUT2D eigenvalue weighted by atomic mass is 32.2. The fourth-order valence-electron chi connectivity index (χ4n) is 1.44. The largest absolute Gasteiger partial charge is 0.496 e. The topological polar surface area (TPSA) is 61.8 Å². The van der Waals surface area contributed by atoms with Crippen LogP contribution in [-0.4, -0.2) is 39.5 Å². The molecule has 0 aromatic heterocycles. The van der Waals surface area contributed by atoms with Gasteiger partial charge in [-0.3, -0.25) is 0 Å². The molecule has 0 unspecified atom stereocenters. The Morgan fingerprint density at radius 1 is 1.00 bits per heavy atom. The second-order valence-electron chi connectivity index (χ2n) is 3.24. The monoisotopic (exact) mass is 270 g/mol. The molecule has 0 aliphatic carbocycles. The van der Waals surface area contributed by atoms with Crippen LogP contribution in [0.4, 0.5) is 0 Å². The average Bonchev–Trinajstić information content (AvgIpc) is 2.43. The minimum absolute atomic E-state index is 0.124. The molecule has 0 N–H and O–H groups in total. The summed E-state index contributed by atoms with van der Waals surface area (Å²) in [7, 11) is 4.00. The summed E-state index contributed by atoms with van der Waals surface area (Å²) >= 11 is 1.41. The standard InChI is InChI=1S/C12H14O5S/c1-15-9-5-7(11(13)16-2)8(12(14)17-3)6-10(9)18-4/h5-6H,1-4H3. The van der Waals surface area contributed by atoms with Crippen molar-refractivity contribution in [3.8, 4) is 5.75 Å². The first-order chi connectivity index (χ1) is 8.58. The number of methoxy groups -OCH3 is 3. The summed E-state index contributed by atoms with van der Waals surface area (Å²) < 4.78 is 14.4. The number of hydrogen-bond acceptors (Lipinski definition) is 6. The molecule has 0 radical (unpaired) electrons. The lowest BCUT2D eigenvalue weighted by molar-refractivity contribution is 0.0554. The number of carbonyl (C=O) groups excluding carboxylic acids is 2. The van der Waals surface area contributed by atoms with Crippen LogP contribution >= 0.6 is 11.8 Å². The number of ether oxygens (including phenoxy) is 3. The fraction of sp³-hybridized carbons (Fsp3) is 0.333. The van der Waals surface area contributed by atoms with Gasteiger partial charge in [0.2, 0.25) is 0 Å². The first kappa shape index (κ1) is 14.4. The Morgan fingerprint density at radius 3 is 1.89 bits per heavy atom. The van der Waals surface area contributed by atoms with Crippen molar-refractivity contribution < 1.29 is 23.8 Å². The Morgan fingerprint density at radius 2 is 1.50 bits per heavy atom. The van der Waals surface area contributed by atoms with E-state index >= 15 is 0 Å². The Bertz CT molecular complexity index is 427. The molecule has 0 aliphatic rings. The lowest BCUT2D eigenvalue weighted by Gasteiger charge is -2.12. The van der Waals surface area contributed by atoms with Crippen LogP contribution in [0.2, 0.25) is 0 Å². The summed E-state index contributed by atoms with van der Waals surface area (Å²) in [4.78, 5) is 24.0. The number of thioether (sulfide) groups is 1. The van der Waals surface area contributed by atoms with Crippen molar-refractivity contribution in [2.75, 3.05) is 27.6 Å². The number of carbonyl (C=O) groups is 2. The fourth-order valence-corrected chi connectivity index (χ4v) is 2.02. The van der Waals surface area contributed by atoms with Gasteiger partial charge in [0.15, 0.2) is 0 Å². The third-order valence-corrected chi connectivity index (χ3v) is 3.09. The van der Waals surface area contributed by atoms with E-state index in [1.165, 1.54) is 39.2 Å². The van der Waals surface area contributed by atoms with Crippen molar-refractivity contribution in [1.29, 1.82) is 0 Å². The molecule has 0 bridgehead atoms. The normalized spacial score (nSPS) is 9.78. The number of benzene rings is 1. The molecule has 6 heteroatoms. The summed E-state index contributed by atoms with van der Waals surface area (Å²) in [6, 6.07) is 3.03. The zero-order valence-corrected chi connectivity index (χ0v) is 11.4. The SMILES string of the molecule is COC(=O)c1cc(OC)c(SC)cc1C(=O)OC. The van der Waals surface area contributed by atoms with Crippen LogP contribution < -0.4 is 4.74 Å². The van der Waals surface area contributed by atoms with Gasteiger partial charge in [-0.2, -0.15) is 0 Å². The van der Waals surface area contributed by atoms with Crippen LogP contribution in [0.5, 0.6) is 5.75 Å². The third kappa shape index (κ3) is 2.76. The maximum Gasteiger partial charge on any atom is 0.338 e. The van der Waals surface area contributed by atoms with E-state index in [0.717, 1.165) is 4.90 Å². The molecule has 0 atom stereocenters. The molecule has 1 aromatic rings. The van der Waals surface area contributed by atoms with E-state index in [4.69, 9.17) is 4.74 Å². The number of esters is 2. The van der Waals surface area contributed by atoms with Gasteiger partial charge >= 0.3 is 11.9 Å².